The van der Waals surface area contributed by atoms with Crippen molar-refractivity contribution in [3.8, 4) is 5.75 Å². The summed E-state index contributed by atoms with van der Waals surface area (Å²) in [6.07, 6.45) is 3.92. The molecule has 9 nitrogen and oxygen atoms in total. The van der Waals surface area contributed by atoms with Gasteiger partial charge in [0.2, 0.25) is 11.9 Å². The molecule has 170 valence electrons. The third kappa shape index (κ3) is 5.65. The molecule has 0 fully saturated rings. The lowest BCUT2D eigenvalue weighted by molar-refractivity contribution is -0.122. The van der Waals surface area contributed by atoms with Crippen LogP contribution in [0.1, 0.15) is 19.4 Å². The summed E-state index contributed by atoms with van der Waals surface area (Å²) in [5.74, 6) is -3.07. The van der Waals surface area contributed by atoms with Gasteiger partial charge in [0.1, 0.15) is 12.4 Å². The van der Waals surface area contributed by atoms with Crippen molar-refractivity contribution < 1.29 is 22.7 Å². The first-order chi connectivity index (χ1) is 15.3. The van der Waals surface area contributed by atoms with E-state index in [4.69, 9.17) is 4.74 Å². The van der Waals surface area contributed by atoms with E-state index in [1.807, 2.05) is 13.8 Å². The van der Waals surface area contributed by atoms with Crippen LogP contribution < -0.4 is 20.7 Å². The molecule has 0 saturated carbocycles. The second-order valence-electron chi connectivity index (χ2n) is 7.06. The average molecular weight is 449 g/mol. The summed E-state index contributed by atoms with van der Waals surface area (Å²) in [5.41, 5.74) is 0.141. The zero-order valence-corrected chi connectivity index (χ0v) is 17.6. The number of nitrogens with zero attached hydrogens (tertiary/aromatic N) is 4. The minimum absolute atomic E-state index is 0.00752. The van der Waals surface area contributed by atoms with Crippen molar-refractivity contribution in [2.45, 2.75) is 33.0 Å². The van der Waals surface area contributed by atoms with Crippen LogP contribution in [0, 0.1) is 17.5 Å². The van der Waals surface area contributed by atoms with Crippen molar-refractivity contribution in [2.24, 2.45) is 0 Å². The van der Waals surface area contributed by atoms with Crippen LogP contribution in [-0.2, 0) is 17.9 Å². The Balaban J connectivity index is 1.69. The first kappa shape index (κ1) is 22.8. The summed E-state index contributed by atoms with van der Waals surface area (Å²) in [7, 11) is 1.26. The highest BCUT2D eigenvalue weighted by Gasteiger charge is 2.16. The molecule has 0 spiro atoms. The molecular formula is C20H22F3N7O2. The average Bonchev–Trinajstić information content (AvgIpc) is 3.16. The minimum atomic E-state index is -0.887. The Hall–Kier alpha value is -3.83. The molecule has 0 aliphatic rings. The highest BCUT2D eigenvalue weighted by atomic mass is 19.1. The topological polar surface area (TPSA) is 106 Å². The number of benzene rings is 1. The van der Waals surface area contributed by atoms with Crippen LogP contribution in [0.25, 0.3) is 0 Å². The fourth-order valence-corrected chi connectivity index (χ4v) is 2.78. The normalized spacial score (nSPS) is 10.8. The second-order valence-corrected chi connectivity index (χ2v) is 7.06. The fraction of sp³-hybridized carbons (Fsp3) is 0.300. The molecule has 0 aliphatic heterocycles. The van der Waals surface area contributed by atoms with Crippen LogP contribution in [0.2, 0.25) is 0 Å². The van der Waals surface area contributed by atoms with Gasteiger partial charge < -0.3 is 20.7 Å². The van der Waals surface area contributed by atoms with E-state index in [9.17, 15) is 18.0 Å². The van der Waals surface area contributed by atoms with Crippen LogP contribution in [-0.4, -0.2) is 38.8 Å². The number of carbonyl (C=O) groups excluding carboxylic acids is 1. The van der Waals surface area contributed by atoms with E-state index in [2.05, 4.69) is 31.0 Å². The Labute approximate surface area is 182 Å². The number of nitrogens with one attached hydrogen (secondary N) is 3. The Kier molecular flexibility index (Phi) is 7.13. The van der Waals surface area contributed by atoms with E-state index in [0.717, 1.165) is 18.3 Å². The molecule has 3 rings (SSSR count). The van der Waals surface area contributed by atoms with E-state index >= 15 is 0 Å². The zero-order valence-electron chi connectivity index (χ0n) is 17.6. The van der Waals surface area contributed by atoms with Gasteiger partial charge >= 0.3 is 0 Å². The predicted octanol–water partition coefficient (Wildman–Crippen LogP) is 2.98. The number of carbonyl (C=O) groups is 1. The number of rotatable bonds is 9. The van der Waals surface area contributed by atoms with Gasteiger partial charge in [0, 0.05) is 24.3 Å². The summed E-state index contributed by atoms with van der Waals surface area (Å²) >= 11 is 0. The third-order valence-corrected chi connectivity index (χ3v) is 4.19. The molecular weight excluding hydrogens is 427 g/mol. The number of hydrogen-bond acceptors (Lipinski definition) is 7. The van der Waals surface area contributed by atoms with Crippen LogP contribution in [0.3, 0.4) is 0 Å². The van der Waals surface area contributed by atoms with Crippen molar-refractivity contribution in [3.05, 3.63) is 53.7 Å². The first-order valence-electron chi connectivity index (χ1n) is 9.63. The van der Waals surface area contributed by atoms with Crippen LogP contribution >= 0.6 is 0 Å². The van der Waals surface area contributed by atoms with Gasteiger partial charge in [-0.3, -0.25) is 9.48 Å². The molecule has 1 amide bonds. The SMILES string of the molecule is COc1ccc(F)c(CNc2nc(Nc3cnn(CC(=O)NC(C)C)c3)ncc2F)c1F. The van der Waals surface area contributed by atoms with Gasteiger partial charge in [-0.15, -0.1) is 0 Å². The molecule has 0 saturated heterocycles. The van der Waals surface area contributed by atoms with E-state index < -0.39 is 17.5 Å². The number of amides is 1. The van der Waals surface area contributed by atoms with Crippen LogP contribution in [0.5, 0.6) is 5.75 Å². The molecule has 0 bridgehead atoms. The van der Waals surface area contributed by atoms with Crippen molar-refractivity contribution in [2.75, 3.05) is 17.7 Å². The smallest absolute Gasteiger partial charge is 0.241 e. The third-order valence-electron chi connectivity index (χ3n) is 4.19. The molecule has 2 heterocycles. The second kappa shape index (κ2) is 9.98. The number of methoxy groups -OCH3 is 1. The standard InChI is InChI=1S/C20H22F3N7O2/c1-11(2)27-17(31)10-30-9-12(6-26-30)28-20-25-8-15(22)19(29-20)24-7-13-14(21)4-5-16(32-3)18(13)23/h4-6,8-9,11H,7,10H2,1-3H3,(H,27,31)(H2,24,25,28,29). The van der Waals surface area contributed by atoms with E-state index in [1.165, 1.54) is 18.0 Å². The maximum Gasteiger partial charge on any atom is 0.241 e. The summed E-state index contributed by atoms with van der Waals surface area (Å²) in [5, 5.41) is 12.2. The quantitative estimate of drug-likeness (QED) is 0.461. The Morgan fingerprint density at radius 1 is 1.19 bits per heavy atom. The van der Waals surface area contributed by atoms with Crippen molar-refractivity contribution >= 4 is 23.4 Å². The Morgan fingerprint density at radius 3 is 2.69 bits per heavy atom. The Morgan fingerprint density at radius 2 is 1.97 bits per heavy atom. The minimum Gasteiger partial charge on any atom is -0.494 e. The van der Waals surface area contributed by atoms with Gasteiger partial charge in [-0.1, -0.05) is 0 Å². The van der Waals surface area contributed by atoms with Gasteiger partial charge in [0.05, 0.1) is 25.2 Å². The van der Waals surface area contributed by atoms with Crippen LogP contribution in [0.4, 0.5) is 30.6 Å². The molecule has 3 aromatic rings. The van der Waals surface area contributed by atoms with Gasteiger partial charge in [0.15, 0.2) is 23.2 Å². The van der Waals surface area contributed by atoms with E-state index in [1.54, 1.807) is 6.20 Å². The molecule has 2 aromatic heterocycles. The number of aromatic nitrogens is 4. The highest BCUT2D eigenvalue weighted by Crippen LogP contribution is 2.24. The summed E-state index contributed by atoms with van der Waals surface area (Å²) in [6.45, 7) is 3.35. The van der Waals surface area contributed by atoms with Gasteiger partial charge in [-0.2, -0.15) is 10.1 Å². The summed E-state index contributed by atoms with van der Waals surface area (Å²) < 4.78 is 48.6. The number of anilines is 3. The van der Waals surface area contributed by atoms with Crippen LogP contribution in [0.15, 0.2) is 30.7 Å². The lowest BCUT2D eigenvalue weighted by Crippen LogP contribution is -2.33. The van der Waals surface area contributed by atoms with Crippen molar-refractivity contribution in [1.29, 1.82) is 0 Å². The lowest BCUT2D eigenvalue weighted by Gasteiger charge is -2.11. The summed E-state index contributed by atoms with van der Waals surface area (Å²) in [4.78, 5) is 19.7. The molecule has 32 heavy (non-hydrogen) atoms. The first-order valence-corrected chi connectivity index (χ1v) is 9.63. The molecule has 0 unspecified atom stereocenters. The molecule has 3 N–H and O–H groups in total. The largest absolute Gasteiger partial charge is 0.494 e. The van der Waals surface area contributed by atoms with Gasteiger partial charge in [-0.05, 0) is 26.0 Å². The molecule has 12 heteroatoms. The van der Waals surface area contributed by atoms with Crippen molar-refractivity contribution in [1.82, 2.24) is 25.1 Å². The molecule has 0 aliphatic carbocycles. The maximum atomic E-state index is 14.3. The zero-order chi connectivity index (χ0) is 23.3. The number of ether oxygens (including phenoxy) is 1. The molecule has 0 radical (unpaired) electrons. The Bertz CT molecular complexity index is 1100. The molecule has 0 atom stereocenters. The highest BCUT2D eigenvalue weighted by molar-refractivity contribution is 5.76. The van der Waals surface area contributed by atoms with E-state index in [-0.39, 0.29) is 48.1 Å². The fourth-order valence-electron chi connectivity index (χ4n) is 2.78. The van der Waals surface area contributed by atoms with Gasteiger partial charge in [-0.25, -0.2) is 18.2 Å². The maximum absolute atomic E-state index is 14.3. The van der Waals surface area contributed by atoms with Gasteiger partial charge in [0.25, 0.3) is 0 Å². The monoisotopic (exact) mass is 449 g/mol. The lowest BCUT2D eigenvalue weighted by atomic mass is 10.2. The number of halogens is 3. The summed E-state index contributed by atoms with van der Waals surface area (Å²) in [6, 6.07) is 2.23. The van der Waals surface area contributed by atoms with Crippen molar-refractivity contribution in [3.63, 3.8) is 0 Å². The predicted molar refractivity (Wildman–Crippen MR) is 111 cm³/mol. The molecule has 1 aromatic carbocycles. The number of hydrogen-bond donors (Lipinski definition) is 3. The van der Waals surface area contributed by atoms with E-state index in [0.29, 0.717) is 5.69 Å².